The van der Waals surface area contributed by atoms with Gasteiger partial charge < -0.3 is 14.6 Å². The number of alkyl halides is 4. The fourth-order valence-corrected chi connectivity index (χ4v) is 4.27. The minimum Gasteiger partial charge on any atom is -0.435 e. The van der Waals surface area contributed by atoms with E-state index in [1.54, 1.807) is 24.3 Å². The van der Waals surface area contributed by atoms with E-state index in [1.807, 2.05) is 9.48 Å². The Hall–Kier alpha value is -2.81. The Labute approximate surface area is 177 Å². The van der Waals surface area contributed by atoms with Crippen LogP contribution < -0.4 is 14.4 Å². The summed E-state index contributed by atoms with van der Waals surface area (Å²) in [7, 11) is 0. The lowest BCUT2D eigenvalue weighted by Crippen LogP contribution is -2.41. The largest absolute Gasteiger partial charge is 0.435 e. The van der Waals surface area contributed by atoms with Crippen LogP contribution in [0.3, 0.4) is 0 Å². The van der Waals surface area contributed by atoms with E-state index in [4.69, 9.17) is 0 Å². The van der Waals surface area contributed by atoms with E-state index in [1.165, 1.54) is 24.3 Å². The first-order chi connectivity index (χ1) is 14.9. The van der Waals surface area contributed by atoms with Crippen molar-refractivity contribution < 1.29 is 36.7 Å². The first-order valence-electron chi connectivity index (χ1n) is 10.1. The highest BCUT2D eigenvalue weighted by Gasteiger charge is 2.51. The molecule has 2 aliphatic rings. The fourth-order valence-electron chi connectivity index (χ4n) is 4.27. The number of amidine groups is 1. The van der Waals surface area contributed by atoms with Crippen molar-refractivity contribution in [1.82, 2.24) is 0 Å². The molecule has 1 atom stereocenters. The maximum absolute atomic E-state index is 12.5. The van der Waals surface area contributed by atoms with Crippen molar-refractivity contribution in [3.63, 3.8) is 0 Å². The Morgan fingerprint density at radius 2 is 1.42 bits per heavy atom. The molecular weight excluding hydrogens is 416 g/mol. The average molecular weight is 439 g/mol. The third-order valence-corrected chi connectivity index (χ3v) is 5.65. The predicted octanol–water partition coefficient (Wildman–Crippen LogP) is 4.54. The summed E-state index contributed by atoms with van der Waals surface area (Å²) in [6.45, 7) is -4.96. The van der Waals surface area contributed by atoms with E-state index in [-0.39, 0.29) is 18.0 Å². The van der Waals surface area contributed by atoms with Gasteiger partial charge in [-0.25, -0.2) is 9.48 Å². The molecule has 0 saturated heterocycles. The van der Waals surface area contributed by atoms with Crippen LogP contribution in [0.15, 0.2) is 48.5 Å². The van der Waals surface area contributed by atoms with E-state index in [9.17, 15) is 22.7 Å². The van der Waals surface area contributed by atoms with E-state index in [2.05, 4.69) is 9.47 Å². The van der Waals surface area contributed by atoms with Crippen molar-refractivity contribution in [2.75, 3.05) is 18.0 Å². The van der Waals surface area contributed by atoms with Gasteiger partial charge in [-0.05, 0) is 67.8 Å². The van der Waals surface area contributed by atoms with Gasteiger partial charge in [0.05, 0.1) is 6.54 Å². The molecule has 5 nitrogen and oxygen atoms in total. The molecule has 1 N–H and O–H groups in total. The summed E-state index contributed by atoms with van der Waals surface area (Å²) in [6, 6.07) is 12.3. The number of rotatable bonds is 6. The van der Waals surface area contributed by atoms with Crippen LogP contribution in [0.4, 0.5) is 23.2 Å². The topological polar surface area (TPSA) is 44.9 Å². The molecule has 0 spiro atoms. The highest BCUT2D eigenvalue weighted by molar-refractivity contribution is 5.96. The molecule has 0 radical (unpaired) electrons. The zero-order valence-electron chi connectivity index (χ0n) is 16.7. The second-order valence-electron chi connectivity index (χ2n) is 7.56. The highest BCUT2D eigenvalue weighted by Crippen LogP contribution is 2.36. The molecule has 0 bridgehead atoms. The Kier molecular flexibility index (Phi) is 6.04. The Balaban J connectivity index is 1.66. The number of halogens is 4. The highest BCUT2D eigenvalue weighted by atomic mass is 19.3. The Morgan fingerprint density at radius 3 is 2.00 bits per heavy atom. The summed E-state index contributed by atoms with van der Waals surface area (Å²) >= 11 is 0. The third kappa shape index (κ3) is 4.46. The van der Waals surface area contributed by atoms with Crippen molar-refractivity contribution in [2.45, 2.75) is 44.6 Å². The fraction of sp³-hybridized carbons (Fsp3) is 0.409. The van der Waals surface area contributed by atoms with Gasteiger partial charge in [-0.3, -0.25) is 0 Å². The van der Waals surface area contributed by atoms with E-state index < -0.39 is 18.9 Å². The first-order valence-corrected chi connectivity index (χ1v) is 10.1. The van der Waals surface area contributed by atoms with Gasteiger partial charge >= 0.3 is 13.2 Å². The van der Waals surface area contributed by atoms with Gasteiger partial charge in [0.25, 0.3) is 11.6 Å². The zero-order valence-corrected chi connectivity index (χ0v) is 16.7. The number of β-amino-alcohol motifs (C(OH)–C–C–N with tert-alkyl or cyclic N) is 1. The summed E-state index contributed by atoms with van der Waals surface area (Å²) < 4.78 is 60.6. The molecule has 0 amide bonds. The number of benzene rings is 2. The normalized spacial score (nSPS) is 21.5. The lowest BCUT2D eigenvalue weighted by molar-refractivity contribution is -0.658. The van der Waals surface area contributed by atoms with Crippen LogP contribution in [0, 0.1) is 0 Å². The Bertz CT molecular complexity index is 935. The Morgan fingerprint density at radius 1 is 0.839 bits per heavy atom. The number of hydrogen-bond acceptors (Lipinski definition) is 4. The summed E-state index contributed by atoms with van der Waals surface area (Å²) in [5.74, 6) is 1.02. The molecule has 4 rings (SSSR count). The second kappa shape index (κ2) is 8.74. The molecule has 2 aromatic carbocycles. The summed E-state index contributed by atoms with van der Waals surface area (Å²) in [4.78, 5) is 1.97. The molecule has 1 unspecified atom stereocenters. The van der Waals surface area contributed by atoms with Crippen molar-refractivity contribution >= 4 is 11.5 Å². The number of anilines is 1. The van der Waals surface area contributed by atoms with E-state index in [0.29, 0.717) is 12.1 Å². The van der Waals surface area contributed by atoms with Crippen LogP contribution in [-0.4, -0.2) is 41.8 Å². The number of aliphatic hydroxyl groups is 1. The second-order valence-corrected chi connectivity index (χ2v) is 7.56. The van der Waals surface area contributed by atoms with Crippen LogP contribution in [0.25, 0.3) is 0 Å². The lowest BCUT2D eigenvalue weighted by Gasteiger charge is -2.23. The van der Waals surface area contributed by atoms with E-state index >= 15 is 0 Å². The van der Waals surface area contributed by atoms with Crippen LogP contribution in [0.5, 0.6) is 11.5 Å². The summed E-state index contributed by atoms with van der Waals surface area (Å²) in [5, 5.41) is 11.7. The maximum Gasteiger partial charge on any atom is 0.387 e. The molecular formula is C22H23F4N2O3+. The first kappa shape index (κ1) is 21.4. The monoisotopic (exact) mass is 439 g/mol. The smallest absolute Gasteiger partial charge is 0.387 e. The number of nitrogens with zero attached hydrogens (tertiary/aromatic N) is 2. The van der Waals surface area contributed by atoms with Crippen molar-refractivity contribution in [1.29, 1.82) is 0 Å². The molecule has 2 aliphatic heterocycles. The molecule has 0 fully saturated rings. The third-order valence-electron chi connectivity index (χ3n) is 5.65. The van der Waals surface area contributed by atoms with Gasteiger partial charge in [-0.2, -0.15) is 17.6 Å². The van der Waals surface area contributed by atoms with Gasteiger partial charge in [-0.15, -0.1) is 0 Å². The van der Waals surface area contributed by atoms with Gasteiger partial charge in [-0.1, -0.05) is 0 Å². The lowest BCUT2D eigenvalue weighted by atomic mass is 10.0. The molecule has 166 valence electrons. The van der Waals surface area contributed by atoms with Crippen LogP contribution >= 0.6 is 0 Å². The zero-order chi connectivity index (χ0) is 22.0. The molecule has 9 heteroatoms. The standard InChI is InChI=1S/C22H23F4N2O3/c23-20(24)30-17-9-5-15(6-10-17)22(29)14-27(19-4-2-1-3-13-28(19)22)16-7-11-18(12-8-16)31-21(25)26/h5-12,20-21,29H,1-4,13-14H2/q+1. The number of ether oxygens (including phenoxy) is 2. The molecule has 2 aromatic rings. The minimum absolute atomic E-state index is 0.0203. The maximum atomic E-state index is 12.5. The van der Waals surface area contributed by atoms with Gasteiger partial charge in [0.15, 0.2) is 6.54 Å². The predicted molar refractivity (Wildman–Crippen MR) is 106 cm³/mol. The van der Waals surface area contributed by atoms with Crippen molar-refractivity contribution in [3.05, 3.63) is 54.1 Å². The quantitative estimate of drug-likeness (QED) is 0.530. The van der Waals surface area contributed by atoms with Crippen molar-refractivity contribution in [3.8, 4) is 11.5 Å². The minimum atomic E-state index is -2.92. The molecule has 0 aromatic heterocycles. The van der Waals surface area contributed by atoms with Gasteiger partial charge in [0, 0.05) is 12.0 Å². The molecule has 2 heterocycles. The van der Waals surface area contributed by atoms with Crippen LogP contribution in [-0.2, 0) is 5.72 Å². The van der Waals surface area contributed by atoms with Crippen LogP contribution in [0.1, 0.15) is 31.2 Å². The molecule has 31 heavy (non-hydrogen) atoms. The number of hydrogen-bond donors (Lipinski definition) is 1. The van der Waals surface area contributed by atoms with Gasteiger partial charge in [0.2, 0.25) is 0 Å². The summed E-state index contributed by atoms with van der Waals surface area (Å²) in [6.07, 6.45) is 3.65. The average Bonchev–Trinajstić information content (AvgIpc) is 2.88. The summed E-state index contributed by atoms with van der Waals surface area (Å²) in [5.41, 5.74) is -0.0490. The van der Waals surface area contributed by atoms with Crippen LogP contribution in [0.2, 0.25) is 0 Å². The van der Waals surface area contributed by atoms with Crippen molar-refractivity contribution in [2.24, 2.45) is 0 Å². The van der Waals surface area contributed by atoms with Gasteiger partial charge in [0.1, 0.15) is 17.2 Å². The molecule has 0 aliphatic carbocycles. The molecule has 0 saturated carbocycles. The SMILES string of the molecule is OC1(c2ccc(OC(F)F)cc2)CN(c2ccc(OC(F)F)cc2)C2=[N+]1CCCCC2. The van der Waals surface area contributed by atoms with E-state index in [0.717, 1.165) is 37.2 Å².